The Morgan fingerprint density at radius 3 is 2.71 bits per heavy atom. The summed E-state index contributed by atoms with van der Waals surface area (Å²) in [6.45, 7) is 2.46. The van der Waals surface area contributed by atoms with Gasteiger partial charge in [0, 0.05) is 19.1 Å². The van der Waals surface area contributed by atoms with E-state index in [2.05, 4.69) is 22.2 Å². The van der Waals surface area contributed by atoms with E-state index in [1.54, 1.807) is 0 Å². The second kappa shape index (κ2) is 7.77. The summed E-state index contributed by atoms with van der Waals surface area (Å²) in [4.78, 5) is 2.04. The smallest absolute Gasteiger partial charge is 0.312 e. The second-order valence-electron chi connectivity index (χ2n) is 5.29. The Labute approximate surface area is 123 Å². The lowest BCUT2D eigenvalue weighted by molar-refractivity contribution is -0.325. The van der Waals surface area contributed by atoms with Gasteiger partial charge in [-0.15, -0.1) is 13.2 Å². The number of hydrogen-bond donors (Lipinski definition) is 1. The number of alkyl halides is 3. The molecule has 118 valence electrons. The number of ether oxygens (including phenoxy) is 1. The summed E-state index contributed by atoms with van der Waals surface area (Å²) in [5.41, 5.74) is 1.24. The van der Waals surface area contributed by atoms with Crippen LogP contribution in [0, 0.1) is 0 Å². The van der Waals surface area contributed by atoms with Crippen molar-refractivity contribution in [3.05, 3.63) is 35.9 Å². The summed E-state index contributed by atoms with van der Waals surface area (Å²) in [5.74, 6) is 0. The quantitative estimate of drug-likeness (QED) is 0.904. The molecule has 3 nitrogen and oxygen atoms in total. The van der Waals surface area contributed by atoms with Crippen LogP contribution in [0.25, 0.3) is 0 Å². The van der Waals surface area contributed by atoms with E-state index in [1.165, 1.54) is 5.56 Å². The molecular weight excluding hydrogens is 281 g/mol. The Morgan fingerprint density at radius 1 is 1.24 bits per heavy atom. The van der Waals surface area contributed by atoms with Crippen LogP contribution in [0.3, 0.4) is 0 Å². The summed E-state index contributed by atoms with van der Waals surface area (Å²) in [6.07, 6.45) is -2.71. The van der Waals surface area contributed by atoms with Crippen molar-refractivity contribution >= 4 is 0 Å². The molecule has 0 radical (unpaired) electrons. The normalized spacial score (nSPS) is 21.2. The average molecular weight is 302 g/mol. The van der Waals surface area contributed by atoms with Gasteiger partial charge in [0.05, 0.1) is 6.61 Å². The van der Waals surface area contributed by atoms with Crippen LogP contribution in [0.15, 0.2) is 30.3 Å². The van der Waals surface area contributed by atoms with Gasteiger partial charge in [0.1, 0.15) is 0 Å². The van der Waals surface area contributed by atoms with Crippen LogP contribution >= 0.6 is 0 Å². The summed E-state index contributed by atoms with van der Waals surface area (Å²) in [6, 6.07) is 10.4. The SMILES string of the molecule is FC(F)(F)OCCN1CCCNC(Cc2ccccc2)C1. The number of hydrogen-bond acceptors (Lipinski definition) is 3. The van der Waals surface area contributed by atoms with Crippen molar-refractivity contribution in [2.75, 3.05) is 32.8 Å². The number of halogens is 3. The van der Waals surface area contributed by atoms with Gasteiger partial charge in [-0.2, -0.15) is 0 Å². The Balaban J connectivity index is 1.80. The van der Waals surface area contributed by atoms with Crippen LogP contribution in [-0.4, -0.2) is 50.1 Å². The highest BCUT2D eigenvalue weighted by Gasteiger charge is 2.29. The number of nitrogens with one attached hydrogen (secondary N) is 1. The van der Waals surface area contributed by atoms with E-state index < -0.39 is 6.36 Å². The first-order valence-corrected chi connectivity index (χ1v) is 7.23. The van der Waals surface area contributed by atoms with Crippen molar-refractivity contribution in [3.63, 3.8) is 0 Å². The third kappa shape index (κ3) is 6.46. The van der Waals surface area contributed by atoms with Crippen molar-refractivity contribution in [2.45, 2.75) is 25.2 Å². The molecule has 1 unspecified atom stereocenters. The number of benzene rings is 1. The molecule has 0 aliphatic carbocycles. The molecule has 2 rings (SSSR count). The standard InChI is InChI=1S/C15H21F3N2O/c16-15(17,18)21-10-9-20-8-4-7-19-14(12-20)11-13-5-2-1-3-6-13/h1-3,5-6,14,19H,4,7-12H2. The van der Waals surface area contributed by atoms with Crippen LogP contribution in [0.1, 0.15) is 12.0 Å². The lowest BCUT2D eigenvalue weighted by Gasteiger charge is -2.24. The van der Waals surface area contributed by atoms with Gasteiger partial charge in [0.15, 0.2) is 0 Å². The minimum atomic E-state index is -4.53. The molecule has 0 spiro atoms. The summed E-state index contributed by atoms with van der Waals surface area (Å²) < 4.78 is 39.9. The highest BCUT2D eigenvalue weighted by atomic mass is 19.4. The van der Waals surface area contributed by atoms with E-state index in [1.807, 2.05) is 23.1 Å². The van der Waals surface area contributed by atoms with Gasteiger partial charge >= 0.3 is 6.36 Å². The minimum absolute atomic E-state index is 0.265. The molecule has 0 amide bonds. The lowest BCUT2D eigenvalue weighted by Crippen LogP contribution is -2.40. The molecule has 1 aliphatic heterocycles. The summed E-state index contributed by atoms with van der Waals surface area (Å²) in [7, 11) is 0. The molecule has 1 N–H and O–H groups in total. The van der Waals surface area contributed by atoms with Gasteiger partial charge in [0.25, 0.3) is 0 Å². The van der Waals surface area contributed by atoms with E-state index in [0.29, 0.717) is 6.54 Å². The first-order valence-electron chi connectivity index (χ1n) is 7.23. The van der Waals surface area contributed by atoms with Crippen LogP contribution in [-0.2, 0) is 11.2 Å². The van der Waals surface area contributed by atoms with E-state index >= 15 is 0 Å². The van der Waals surface area contributed by atoms with Gasteiger partial charge in [-0.1, -0.05) is 30.3 Å². The zero-order valence-corrected chi connectivity index (χ0v) is 11.9. The number of nitrogens with zero attached hydrogens (tertiary/aromatic N) is 1. The van der Waals surface area contributed by atoms with Crippen molar-refractivity contribution in [1.29, 1.82) is 0 Å². The summed E-state index contributed by atoms with van der Waals surface area (Å²) >= 11 is 0. The topological polar surface area (TPSA) is 24.5 Å². The molecule has 6 heteroatoms. The zero-order chi connectivity index (χ0) is 15.1. The van der Waals surface area contributed by atoms with Crippen molar-refractivity contribution in [2.24, 2.45) is 0 Å². The monoisotopic (exact) mass is 302 g/mol. The molecule has 1 heterocycles. The predicted octanol–water partition coefficient (Wildman–Crippen LogP) is 2.43. The van der Waals surface area contributed by atoms with Crippen molar-refractivity contribution in [1.82, 2.24) is 10.2 Å². The highest BCUT2D eigenvalue weighted by Crippen LogP contribution is 2.16. The fourth-order valence-corrected chi connectivity index (χ4v) is 2.61. The molecule has 21 heavy (non-hydrogen) atoms. The van der Waals surface area contributed by atoms with Gasteiger partial charge in [0.2, 0.25) is 0 Å². The van der Waals surface area contributed by atoms with E-state index in [9.17, 15) is 13.2 Å². The van der Waals surface area contributed by atoms with Crippen LogP contribution in [0.4, 0.5) is 13.2 Å². The van der Waals surface area contributed by atoms with Crippen molar-refractivity contribution < 1.29 is 17.9 Å². The van der Waals surface area contributed by atoms with E-state index in [-0.39, 0.29) is 12.6 Å². The number of rotatable bonds is 5. The maximum atomic E-state index is 12.0. The van der Waals surface area contributed by atoms with Gasteiger partial charge in [-0.3, -0.25) is 9.64 Å². The van der Waals surface area contributed by atoms with E-state index in [4.69, 9.17) is 0 Å². The van der Waals surface area contributed by atoms with Crippen LogP contribution in [0.2, 0.25) is 0 Å². The van der Waals surface area contributed by atoms with Gasteiger partial charge in [-0.25, -0.2) is 0 Å². The average Bonchev–Trinajstić information content (AvgIpc) is 2.64. The highest BCUT2D eigenvalue weighted by molar-refractivity contribution is 5.16. The molecule has 1 saturated heterocycles. The molecule has 1 aromatic rings. The third-order valence-corrected chi connectivity index (χ3v) is 3.56. The molecule has 0 saturated carbocycles. The molecular formula is C15H21F3N2O. The van der Waals surface area contributed by atoms with Crippen LogP contribution < -0.4 is 5.32 Å². The molecule has 1 atom stereocenters. The Morgan fingerprint density at radius 2 is 2.00 bits per heavy atom. The zero-order valence-electron chi connectivity index (χ0n) is 11.9. The van der Waals surface area contributed by atoms with Gasteiger partial charge < -0.3 is 5.32 Å². The predicted molar refractivity (Wildman–Crippen MR) is 75.0 cm³/mol. The fourth-order valence-electron chi connectivity index (χ4n) is 2.61. The van der Waals surface area contributed by atoms with Gasteiger partial charge in [-0.05, 0) is 31.5 Å². The third-order valence-electron chi connectivity index (χ3n) is 3.56. The maximum Gasteiger partial charge on any atom is 0.522 e. The van der Waals surface area contributed by atoms with E-state index in [0.717, 1.165) is 32.5 Å². The molecule has 0 aromatic heterocycles. The first-order chi connectivity index (χ1) is 10.0. The van der Waals surface area contributed by atoms with Crippen molar-refractivity contribution in [3.8, 4) is 0 Å². The van der Waals surface area contributed by atoms with Crippen LogP contribution in [0.5, 0.6) is 0 Å². The first kappa shape index (κ1) is 16.3. The Kier molecular flexibility index (Phi) is 6.02. The second-order valence-corrected chi connectivity index (χ2v) is 5.29. The Hall–Kier alpha value is -1.11. The largest absolute Gasteiger partial charge is 0.522 e. The maximum absolute atomic E-state index is 12.0. The molecule has 1 aliphatic rings. The minimum Gasteiger partial charge on any atom is -0.312 e. The summed E-state index contributed by atoms with van der Waals surface area (Å²) in [5, 5.41) is 3.46. The lowest BCUT2D eigenvalue weighted by atomic mass is 10.1. The molecule has 1 aromatic carbocycles. The Bertz CT molecular complexity index is 411. The molecule has 0 bridgehead atoms. The fraction of sp³-hybridized carbons (Fsp3) is 0.600. The molecule has 1 fully saturated rings.